The first kappa shape index (κ1) is 21.8. The van der Waals surface area contributed by atoms with Crippen molar-refractivity contribution in [1.82, 2.24) is 0 Å². The Kier molecular flexibility index (Phi) is 16.3. The molecule has 0 bridgehead atoms. The molecule has 0 atom stereocenters. The van der Waals surface area contributed by atoms with Crippen LogP contribution in [0.3, 0.4) is 0 Å². The number of hydrogen-bond acceptors (Lipinski definition) is 7. The van der Waals surface area contributed by atoms with Gasteiger partial charge in [0.05, 0.1) is 26.4 Å². The predicted octanol–water partition coefficient (Wildman–Crippen LogP) is 1.19. The van der Waals surface area contributed by atoms with Crippen LogP contribution in [-0.2, 0) is 23.8 Å². The Morgan fingerprint density at radius 1 is 0.609 bits per heavy atom. The molecule has 0 radical (unpaired) electrons. The van der Waals surface area contributed by atoms with E-state index >= 15 is 0 Å². The smallest absolute Gasteiger partial charge is 0.305 e. The fourth-order valence-corrected chi connectivity index (χ4v) is 1.82. The van der Waals surface area contributed by atoms with Crippen molar-refractivity contribution < 1.29 is 34.0 Å². The molecule has 0 amide bonds. The normalized spacial score (nSPS) is 10.5. The fourth-order valence-electron chi connectivity index (χ4n) is 1.82. The minimum Gasteiger partial charge on any atom is -0.466 e. The molecule has 0 aromatic rings. The average Bonchev–Trinajstić information content (AvgIpc) is 2.54. The van der Waals surface area contributed by atoms with Crippen LogP contribution in [0.2, 0.25) is 0 Å². The molecule has 0 aliphatic carbocycles. The highest BCUT2D eigenvalue weighted by atomic mass is 16.6. The molecule has 0 unspecified atom stereocenters. The Labute approximate surface area is 137 Å². The van der Waals surface area contributed by atoms with E-state index in [1.54, 1.807) is 0 Å². The van der Waals surface area contributed by atoms with Crippen LogP contribution >= 0.6 is 0 Å². The van der Waals surface area contributed by atoms with Crippen molar-refractivity contribution >= 4 is 11.9 Å². The van der Waals surface area contributed by atoms with Crippen molar-refractivity contribution in [3.63, 3.8) is 0 Å². The van der Waals surface area contributed by atoms with Gasteiger partial charge < -0.3 is 24.4 Å². The Hall–Kier alpha value is -1.18. The SMILES string of the molecule is O=C(CCCCCO)OCCCCCC(=O)OCCOCCO. The predicted molar refractivity (Wildman–Crippen MR) is 83.8 cm³/mol. The lowest BCUT2D eigenvalue weighted by Gasteiger charge is -2.06. The zero-order valence-electron chi connectivity index (χ0n) is 13.8. The first-order chi connectivity index (χ1) is 11.2. The molecule has 23 heavy (non-hydrogen) atoms. The van der Waals surface area contributed by atoms with Crippen LogP contribution in [0.5, 0.6) is 0 Å². The Morgan fingerprint density at radius 3 is 1.83 bits per heavy atom. The molecular formula is C16H30O7. The number of carbonyl (C=O) groups is 2. The summed E-state index contributed by atoms with van der Waals surface area (Å²) < 4.78 is 15.0. The molecule has 0 saturated heterocycles. The minimum absolute atomic E-state index is 0.0405. The third kappa shape index (κ3) is 17.0. The molecule has 0 fully saturated rings. The van der Waals surface area contributed by atoms with Gasteiger partial charge in [-0.1, -0.05) is 6.42 Å². The highest BCUT2D eigenvalue weighted by Gasteiger charge is 2.04. The van der Waals surface area contributed by atoms with Gasteiger partial charge in [-0.2, -0.15) is 0 Å². The van der Waals surface area contributed by atoms with Gasteiger partial charge in [-0.15, -0.1) is 0 Å². The molecule has 0 aliphatic heterocycles. The summed E-state index contributed by atoms with van der Waals surface area (Å²) in [5.74, 6) is -0.469. The first-order valence-corrected chi connectivity index (χ1v) is 8.31. The van der Waals surface area contributed by atoms with E-state index < -0.39 is 0 Å². The highest BCUT2D eigenvalue weighted by Crippen LogP contribution is 2.04. The van der Waals surface area contributed by atoms with Crippen LogP contribution < -0.4 is 0 Å². The summed E-state index contributed by atoms with van der Waals surface area (Å²) in [5.41, 5.74) is 0. The lowest BCUT2D eigenvalue weighted by Crippen LogP contribution is -2.12. The maximum Gasteiger partial charge on any atom is 0.305 e. The topological polar surface area (TPSA) is 102 Å². The van der Waals surface area contributed by atoms with Gasteiger partial charge in [0, 0.05) is 19.4 Å². The number of hydrogen-bond donors (Lipinski definition) is 2. The van der Waals surface area contributed by atoms with Crippen LogP contribution in [-0.4, -0.2) is 61.8 Å². The summed E-state index contributed by atoms with van der Waals surface area (Å²) in [5, 5.41) is 17.1. The summed E-state index contributed by atoms with van der Waals surface area (Å²) in [6.07, 6.45) is 5.26. The van der Waals surface area contributed by atoms with Gasteiger partial charge in [0.1, 0.15) is 6.61 Å². The lowest BCUT2D eigenvalue weighted by atomic mass is 10.2. The van der Waals surface area contributed by atoms with Crippen molar-refractivity contribution in [2.75, 3.05) is 39.6 Å². The monoisotopic (exact) mass is 334 g/mol. The van der Waals surface area contributed by atoms with Crippen LogP contribution in [0.1, 0.15) is 51.4 Å². The summed E-state index contributed by atoms with van der Waals surface area (Å²) in [4.78, 5) is 22.7. The molecule has 0 aliphatic rings. The van der Waals surface area contributed by atoms with E-state index in [0.717, 1.165) is 32.1 Å². The second-order valence-electron chi connectivity index (χ2n) is 5.12. The standard InChI is InChI=1S/C16H30O7/c17-9-5-1-3-7-15(19)22-11-6-2-4-8-16(20)23-14-13-21-12-10-18/h17-18H,1-14H2. The number of aliphatic hydroxyl groups excluding tert-OH is 2. The molecule has 0 heterocycles. The number of ether oxygens (including phenoxy) is 3. The quantitative estimate of drug-likeness (QED) is 0.323. The first-order valence-electron chi connectivity index (χ1n) is 8.31. The summed E-state index contributed by atoms with van der Waals surface area (Å²) in [6, 6.07) is 0. The van der Waals surface area contributed by atoms with Crippen molar-refractivity contribution in [1.29, 1.82) is 0 Å². The molecule has 7 heteroatoms. The van der Waals surface area contributed by atoms with Crippen molar-refractivity contribution in [3.8, 4) is 0 Å². The lowest BCUT2D eigenvalue weighted by molar-refractivity contribution is -0.146. The third-order valence-corrected chi connectivity index (χ3v) is 3.05. The Morgan fingerprint density at radius 2 is 1.22 bits per heavy atom. The van der Waals surface area contributed by atoms with Gasteiger partial charge >= 0.3 is 11.9 Å². The van der Waals surface area contributed by atoms with E-state index in [1.165, 1.54) is 0 Å². The van der Waals surface area contributed by atoms with Gasteiger partial charge in [0.25, 0.3) is 0 Å². The van der Waals surface area contributed by atoms with Gasteiger partial charge in [0.15, 0.2) is 0 Å². The number of rotatable bonds is 16. The number of carbonyl (C=O) groups excluding carboxylic acids is 2. The van der Waals surface area contributed by atoms with Gasteiger partial charge in [0.2, 0.25) is 0 Å². The van der Waals surface area contributed by atoms with Crippen molar-refractivity contribution in [3.05, 3.63) is 0 Å². The Bertz CT molecular complexity index is 294. The highest BCUT2D eigenvalue weighted by molar-refractivity contribution is 5.69. The van der Waals surface area contributed by atoms with Crippen LogP contribution in [0.15, 0.2) is 0 Å². The number of aliphatic hydroxyl groups is 2. The van der Waals surface area contributed by atoms with E-state index in [1.807, 2.05) is 0 Å². The maximum atomic E-state index is 11.4. The van der Waals surface area contributed by atoms with Crippen LogP contribution in [0.4, 0.5) is 0 Å². The number of unbranched alkanes of at least 4 members (excludes halogenated alkanes) is 4. The van der Waals surface area contributed by atoms with Gasteiger partial charge in [-0.05, 0) is 32.1 Å². The van der Waals surface area contributed by atoms with Crippen LogP contribution in [0.25, 0.3) is 0 Å². The second-order valence-corrected chi connectivity index (χ2v) is 5.12. The molecule has 0 aromatic heterocycles. The third-order valence-electron chi connectivity index (χ3n) is 3.05. The van der Waals surface area contributed by atoms with Crippen LogP contribution in [0, 0.1) is 0 Å². The van der Waals surface area contributed by atoms with E-state index in [9.17, 15) is 9.59 Å². The minimum atomic E-state index is -0.265. The maximum absolute atomic E-state index is 11.4. The van der Waals surface area contributed by atoms with Gasteiger partial charge in [-0.3, -0.25) is 9.59 Å². The summed E-state index contributed by atoms with van der Waals surface area (Å²) >= 11 is 0. The molecule has 0 saturated carbocycles. The zero-order chi connectivity index (χ0) is 17.2. The number of esters is 2. The molecule has 7 nitrogen and oxygen atoms in total. The zero-order valence-corrected chi connectivity index (χ0v) is 13.8. The summed E-state index contributed by atoms with van der Waals surface area (Å²) in [6.45, 7) is 1.24. The van der Waals surface area contributed by atoms with E-state index in [2.05, 4.69) is 0 Å². The molecule has 0 spiro atoms. The molecule has 0 rings (SSSR count). The van der Waals surface area contributed by atoms with Gasteiger partial charge in [-0.25, -0.2) is 0 Å². The van der Waals surface area contributed by atoms with E-state index in [-0.39, 0.29) is 38.4 Å². The second kappa shape index (κ2) is 17.2. The van der Waals surface area contributed by atoms with Crippen molar-refractivity contribution in [2.24, 2.45) is 0 Å². The van der Waals surface area contributed by atoms with E-state index in [4.69, 9.17) is 24.4 Å². The average molecular weight is 334 g/mol. The van der Waals surface area contributed by atoms with E-state index in [0.29, 0.717) is 32.5 Å². The largest absolute Gasteiger partial charge is 0.466 e. The Balaban J connectivity index is 3.28. The van der Waals surface area contributed by atoms with Crippen molar-refractivity contribution in [2.45, 2.75) is 51.4 Å². The molecule has 136 valence electrons. The molecule has 2 N–H and O–H groups in total. The molecular weight excluding hydrogens is 304 g/mol. The molecule has 0 aromatic carbocycles. The summed E-state index contributed by atoms with van der Waals surface area (Å²) in [7, 11) is 0. The fraction of sp³-hybridized carbons (Fsp3) is 0.875.